The Morgan fingerprint density at radius 2 is 1.86 bits per heavy atom. The number of methoxy groups -OCH3 is 1. The molecule has 2 aromatic carbocycles. The number of ether oxygens (including phenoxy) is 1. The number of rotatable bonds is 6. The van der Waals surface area contributed by atoms with Gasteiger partial charge in [-0.2, -0.15) is 0 Å². The van der Waals surface area contributed by atoms with E-state index in [9.17, 15) is 9.59 Å². The molecule has 29 heavy (non-hydrogen) atoms. The Kier molecular flexibility index (Phi) is 5.38. The highest BCUT2D eigenvalue weighted by Crippen LogP contribution is 2.30. The molecule has 0 unspecified atom stereocenters. The Hall–Kier alpha value is -3.08. The maximum atomic E-state index is 13.1. The van der Waals surface area contributed by atoms with Crippen LogP contribution in [-0.4, -0.2) is 22.9 Å². The van der Waals surface area contributed by atoms with Crippen molar-refractivity contribution in [1.82, 2.24) is 9.88 Å². The number of aromatic amines is 1. The van der Waals surface area contributed by atoms with Gasteiger partial charge in [-0.15, -0.1) is 0 Å². The first-order chi connectivity index (χ1) is 14.0. The van der Waals surface area contributed by atoms with Gasteiger partial charge in [0.2, 0.25) is 5.91 Å². The van der Waals surface area contributed by atoms with Crippen LogP contribution in [0.2, 0.25) is 0 Å². The van der Waals surface area contributed by atoms with Gasteiger partial charge in [0.05, 0.1) is 13.7 Å². The molecule has 0 spiro atoms. The minimum Gasteiger partial charge on any atom is -0.496 e. The van der Waals surface area contributed by atoms with E-state index in [0.29, 0.717) is 12.1 Å². The van der Waals surface area contributed by atoms with Crippen LogP contribution >= 0.6 is 0 Å². The molecule has 1 aliphatic rings. The van der Waals surface area contributed by atoms with Crippen LogP contribution in [0.3, 0.4) is 0 Å². The summed E-state index contributed by atoms with van der Waals surface area (Å²) in [5, 5.41) is 0.980. The zero-order valence-corrected chi connectivity index (χ0v) is 16.9. The SMILES string of the molecule is COc1ccccc1CN(Cc1cc2cc(C)ccc2[nH]c1=O)C(=O)C1CCC1. The fraction of sp³-hybridized carbons (Fsp3) is 0.333. The van der Waals surface area contributed by atoms with Gasteiger partial charge in [0, 0.05) is 29.1 Å². The van der Waals surface area contributed by atoms with Gasteiger partial charge >= 0.3 is 0 Å². The molecular weight excluding hydrogens is 364 g/mol. The Labute approximate surface area is 170 Å². The van der Waals surface area contributed by atoms with Gasteiger partial charge in [-0.25, -0.2) is 0 Å². The van der Waals surface area contributed by atoms with E-state index in [-0.39, 0.29) is 23.9 Å². The predicted octanol–water partition coefficient (Wildman–Crippen LogP) is 4.17. The van der Waals surface area contributed by atoms with Crippen molar-refractivity contribution in [1.29, 1.82) is 0 Å². The Balaban J connectivity index is 1.68. The van der Waals surface area contributed by atoms with E-state index in [0.717, 1.165) is 47.0 Å². The van der Waals surface area contributed by atoms with Crippen LogP contribution in [0.25, 0.3) is 10.9 Å². The van der Waals surface area contributed by atoms with Crippen LogP contribution < -0.4 is 10.3 Å². The predicted molar refractivity (Wildman–Crippen MR) is 114 cm³/mol. The van der Waals surface area contributed by atoms with Crippen LogP contribution in [0.1, 0.15) is 36.0 Å². The first-order valence-corrected chi connectivity index (χ1v) is 10.1. The van der Waals surface area contributed by atoms with Gasteiger partial charge in [-0.1, -0.05) is 36.2 Å². The lowest BCUT2D eigenvalue weighted by atomic mass is 9.84. The molecule has 5 nitrogen and oxygen atoms in total. The van der Waals surface area contributed by atoms with E-state index in [1.165, 1.54) is 0 Å². The second-order valence-corrected chi connectivity index (χ2v) is 7.85. The van der Waals surface area contributed by atoms with Crippen molar-refractivity contribution in [2.24, 2.45) is 5.92 Å². The average Bonchev–Trinajstić information content (AvgIpc) is 2.67. The number of carbonyl (C=O) groups is 1. The molecule has 0 saturated heterocycles. The van der Waals surface area contributed by atoms with Crippen molar-refractivity contribution in [2.45, 2.75) is 39.3 Å². The van der Waals surface area contributed by atoms with Crippen LogP contribution in [0, 0.1) is 12.8 Å². The number of benzene rings is 2. The third-order valence-electron chi connectivity index (χ3n) is 5.76. The summed E-state index contributed by atoms with van der Waals surface area (Å²) in [7, 11) is 1.63. The minimum atomic E-state index is -0.146. The maximum Gasteiger partial charge on any atom is 0.253 e. The van der Waals surface area contributed by atoms with Gasteiger partial charge in [0.25, 0.3) is 5.56 Å². The molecule has 150 valence electrons. The van der Waals surface area contributed by atoms with Gasteiger partial charge in [-0.05, 0) is 49.4 Å². The van der Waals surface area contributed by atoms with Crippen LogP contribution in [0.5, 0.6) is 5.75 Å². The monoisotopic (exact) mass is 390 g/mol. The summed E-state index contributed by atoms with van der Waals surface area (Å²) in [4.78, 5) is 30.6. The molecule has 1 aromatic heterocycles. The van der Waals surface area contributed by atoms with Gasteiger partial charge in [0.15, 0.2) is 0 Å². The molecule has 4 rings (SSSR count). The highest BCUT2D eigenvalue weighted by molar-refractivity contribution is 5.81. The number of fused-ring (bicyclic) bond motifs is 1. The maximum absolute atomic E-state index is 13.1. The molecule has 1 amide bonds. The van der Waals surface area contributed by atoms with Gasteiger partial charge < -0.3 is 14.6 Å². The summed E-state index contributed by atoms with van der Waals surface area (Å²) >= 11 is 0. The zero-order valence-electron chi connectivity index (χ0n) is 16.9. The number of carbonyl (C=O) groups excluding carboxylic acids is 1. The van der Waals surface area contributed by atoms with Crippen molar-refractivity contribution < 1.29 is 9.53 Å². The molecular formula is C24H26N2O3. The van der Waals surface area contributed by atoms with Crippen molar-refractivity contribution in [3.8, 4) is 5.75 Å². The Morgan fingerprint density at radius 1 is 1.10 bits per heavy atom. The minimum absolute atomic E-state index is 0.0616. The fourth-order valence-corrected chi connectivity index (χ4v) is 3.86. The summed E-state index contributed by atoms with van der Waals surface area (Å²) in [6, 6.07) is 15.6. The second kappa shape index (κ2) is 8.11. The second-order valence-electron chi connectivity index (χ2n) is 7.85. The van der Waals surface area contributed by atoms with Crippen LogP contribution in [-0.2, 0) is 17.9 Å². The lowest BCUT2D eigenvalue weighted by Gasteiger charge is -2.32. The van der Waals surface area contributed by atoms with E-state index < -0.39 is 0 Å². The average molecular weight is 390 g/mol. The van der Waals surface area contributed by atoms with E-state index in [2.05, 4.69) is 4.98 Å². The number of hydrogen-bond donors (Lipinski definition) is 1. The van der Waals surface area contributed by atoms with Gasteiger partial charge in [-0.3, -0.25) is 9.59 Å². The highest BCUT2D eigenvalue weighted by Gasteiger charge is 2.30. The number of nitrogens with one attached hydrogen (secondary N) is 1. The molecule has 1 saturated carbocycles. The number of aromatic nitrogens is 1. The number of hydrogen-bond acceptors (Lipinski definition) is 3. The number of amides is 1. The first kappa shape index (κ1) is 19.2. The summed E-state index contributed by atoms with van der Waals surface area (Å²) in [6.45, 7) is 2.73. The number of H-pyrrole nitrogens is 1. The van der Waals surface area contributed by atoms with Crippen molar-refractivity contribution in [3.05, 3.63) is 75.6 Å². The number of nitrogens with zero attached hydrogens (tertiary/aromatic N) is 1. The summed E-state index contributed by atoms with van der Waals surface area (Å²) < 4.78 is 5.47. The first-order valence-electron chi connectivity index (χ1n) is 10.1. The smallest absolute Gasteiger partial charge is 0.253 e. The Morgan fingerprint density at radius 3 is 2.59 bits per heavy atom. The third-order valence-corrected chi connectivity index (χ3v) is 5.76. The summed E-state index contributed by atoms with van der Waals surface area (Å²) in [5.41, 5.74) is 3.34. The molecule has 5 heteroatoms. The standard InChI is InChI=1S/C24H26N2O3/c1-16-10-11-21-19(12-16)13-20(23(27)25-21)15-26(24(28)17-7-5-8-17)14-18-6-3-4-9-22(18)29-2/h3-4,6,9-13,17H,5,7-8,14-15H2,1-2H3,(H,25,27). The van der Waals surface area contributed by atoms with E-state index in [1.807, 2.05) is 55.5 Å². The quantitative estimate of drug-likeness (QED) is 0.687. The number of para-hydroxylation sites is 1. The molecule has 0 radical (unpaired) electrons. The van der Waals surface area contributed by atoms with Crippen LogP contribution in [0.4, 0.5) is 0 Å². The van der Waals surface area contributed by atoms with Crippen molar-refractivity contribution in [3.63, 3.8) is 0 Å². The topological polar surface area (TPSA) is 62.4 Å². The van der Waals surface area contributed by atoms with E-state index >= 15 is 0 Å². The van der Waals surface area contributed by atoms with Crippen molar-refractivity contribution >= 4 is 16.8 Å². The molecule has 1 heterocycles. The number of pyridine rings is 1. The molecule has 1 fully saturated rings. The summed E-state index contributed by atoms with van der Waals surface area (Å²) in [6.07, 6.45) is 2.94. The normalized spacial score (nSPS) is 13.9. The molecule has 0 atom stereocenters. The van der Waals surface area contributed by atoms with E-state index in [1.54, 1.807) is 12.0 Å². The van der Waals surface area contributed by atoms with Crippen LogP contribution in [0.15, 0.2) is 53.3 Å². The third kappa shape index (κ3) is 4.04. The number of aryl methyl sites for hydroxylation is 1. The van der Waals surface area contributed by atoms with E-state index in [4.69, 9.17) is 4.74 Å². The van der Waals surface area contributed by atoms with Crippen molar-refractivity contribution in [2.75, 3.05) is 7.11 Å². The molecule has 0 aliphatic heterocycles. The summed E-state index contributed by atoms with van der Waals surface area (Å²) in [5.74, 6) is 0.930. The molecule has 0 bridgehead atoms. The van der Waals surface area contributed by atoms with Gasteiger partial charge in [0.1, 0.15) is 5.75 Å². The molecule has 3 aromatic rings. The lowest BCUT2D eigenvalue weighted by Crippen LogP contribution is -2.39. The fourth-order valence-electron chi connectivity index (χ4n) is 3.86. The Bertz CT molecular complexity index is 1100. The largest absolute Gasteiger partial charge is 0.496 e. The molecule has 1 aliphatic carbocycles. The lowest BCUT2D eigenvalue weighted by molar-refractivity contribution is -0.139. The highest BCUT2D eigenvalue weighted by atomic mass is 16.5. The molecule has 1 N–H and O–H groups in total. The zero-order chi connectivity index (χ0) is 20.4.